The smallest absolute Gasteiger partial charge is 0.219 e. The largest absolute Gasteiger partial charge is 0.438 e. The van der Waals surface area contributed by atoms with Gasteiger partial charge in [-0.05, 0) is 12.1 Å². The summed E-state index contributed by atoms with van der Waals surface area (Å²) in [5.74, 6) is 3.22. The molecular formula is C37H21N9O. The second-order valence-corrected chi connectivity index (χ2v) is 11.2. The number of rotatable bonds is 2. The van der Waals surface area contributed by atoms with Crippen LogP contribution >= 0.6 is 0 Å². The van der Waals surface area contributed by atoms with Gasteiger partial charge in [-0.25, -0.2) is 34.9 Å². The number of ether oxygens (including phenoxy) is 1. The molecule has 220 valence electrons. The van der Waals surface area contributed by atoms with Gasteiger partial charge in [0, 0.05) is 50.7 Å². The Morgan fingerprint density at radius 2 is 0.872 bits per heavy atom. The summed E-state index contributed by atoms with van der Waals surface area (Å²) in [5, 5.41) is 3.42. The molecule has 6 heterocycles. The van der Waals surface area contributed by atoms with Gasteiger partial charge in [-0.3, -0.25) is 0 Å². The number of benzene rings is 4. The predicted octanol–water partition coefficient (Wildman–Crippen LogP) is 8.06. The van der Waals surface area contributed by atoms with E-state index in [0.717, 1.165) is 43.8 Å². The van der Waals surface area contributed by atoms with Gasteiger partial charge in [0.1, 0.15) is 28.3 Å². The van der Waals surface area contributed by atoms with Crippen molar-refractivity contribution in [1.82, 2.24) is 44.9 Å². The van der Waals surface area contributed by atoms with Crippen molar-refractivity contribution < 1.29 is 4.74 Å². The summed E-state index contributed by atoms with van der Waals surface area (Å²) in [6, 6.07) is 35.4. The lowest BCUT2D eigenvalue weighted by molar-refractivity contribution is 0.468. The normalized spacial score (nSPS) is 11.8. The highest BCUT2D eigenvalue weighted by atomic mass is 16.5. The third kappa shape index (κ3) is 4.02. The van der Waals surface area contributed by atoms with Crippen molar-refractivity contribution in [3.8, 4) is 57.2 Å². The summed E-state index contributed by atoms with van der Waals surface area (Å²) in [6.07, 6.45) is 1.70. The Morgan fingerprint density at radius 1 is 0.404 bits per heavy atom. The van der Waals surface area contributed by atoms with Gasteiger partial charge >= 0.3 is 0 Å². The number of aromatic amines is 2. The highest BCUT2D eigenvalue weighted by Crippen LogP contribution is 2.38. The van der Waals surface area contributed by atoms with Crippen LogP contribution in [0.25, 0.3) is 89.7 Å². The lowest BCUT2D eigenvalue weighted by Gasteiger charge is -2.05. The Hall–Kier alpha value is -6.81. The predicted molar refractivity (Wildman–Crippen MR) is 180 cm³/mol. The van der Waals surface area contributed by atoms with Gasteiger partial charge in [-0.2, -0.15) is 0 Å². The van der Waals surface area contributed by atoms with Gasteiger partial charge in [-0.1, -0.05) is 91.0 Å². The van der Waals surface area contributed by atoms with E-state index in [9.17, 15) is 0 Å². The Balaban J connectivity index is 1.38. The number of aromatic nitrogens is 9. The zero-order chi connectivity index (χ0) is 30.9. The summed E-state index contributed by atoms with van der Waals surface area (Å²) in [5.41, 5.74) is 5.96. The van der Waals surface area contributed by atoms with Gasteiger partial charge < -0.3 is 14.7 Å². The Bertz CT molecular complexity index is 2730. The molecule has 0 unspecified atom stereocenters. The summed E-state index contributed by atoms with van der Waals surface area (Å²) < 4.78 is 6.31. The zero-order valence-corrected chi connectivity index (χ0v) is 24.5. The average molecular weight is 608 g/mol. The number of H-pyrrole nitrogens is 2. The summed E-state index contributed by atoms with van der Waals surface area (Å²) in [4.78, 5) is 41.5. The van der Waals surface area contributed by atoms with E-state index in [0.29, 0.717) is 57.5 Å². The van der Waals surface area contributed by atoms with Crippen molar-refractivity contribution >= 4 is 44.1 Å². The van der Waals surface area contributed by atoms with Crippen LogP contribution in [0.4, 0.5) is 0 Å². The van der Waals surface area contributed by atoms with E-state index < -0.39 is 0 Å². The molecule has 0 aliphatic carbocycles. The molecule has 10 heteroatoms. The molecule has 8 aromatic rings. The van der Waals surface area contributed by atoms with Gasteiger partial charge in [0.2, 0.25) is 5.88 Å². The van der Waals surface area contributed by atoms with Gasteiger partial charge in [0.25, 0.3) is 0 Å². The first-order chi connectivity index (χ1) is 23.3. The first-order valence-corrected chi connectivity index (χ1v) is 15.1. The lowest BCUT2D eigenvalue weighted by atomic mass is 10.1. The first kappa shape index (κ1) is 25.5. The lowest BCUT2D eigenvalue weighted by Crippen LogP contribution is -1.88. The highest BCUT2D eigenvalue weighted by molar-refractivity contribution is 6.09. The molecule has 2 aliphatic rings. The number of nitrogens with zero attached hydrogens (tertiary/aromatic N) is 7. The Morgan fingerprint density at radius 3 is 1.43 bits per heavy atom. The van der Waals surface area contributed by atoms with Crippen LogP contribution in [-0.2, 0) is 0 Å². The number of fused-ring (bicyclic) bond motifs is 20. The van der Waals surface area contributed by atoms with Crippen molar-refractivity contribution in [2.75, 3.05) is 0 Å². The van der Waals surface area contributed by atoms with Crippen molar-refractivity contribution in [2.24, 2.45) is 0 Å². The van der Waals surface area contributed by atoms with Crippen LogP contribution in [0.1, 0.15) is 0 Å². The SMILES string of the molecule is c1ccc(Oc2cccc3c4nc5nc(nc6[nH]c(nc7nc(nc([nH]4)c23)-c2ccccc2-7)c2ccccc62)-c2ccccc2-5)nc1. The van der Waals surface area contributed by atoms with E-state index >= 15 is 0 Å². The fourth-order valence-electron chi connectivity index (χ4n) is 6.26. The molecule has 8 bridgehead atoms. The van der Waals surface area contributed by atoms with Crippen LogP contribution in [-0.4, -0.2) is 44.9 Å². The van der Waals surface area contributed by atoms with Crippen LogP contribution in [0, 0.1) is 0 Å². The average Bonchev–Trinajstić information content (AvgIpc) is 3.85. The van der Waals surface area contributed by atoms with Crippen LogP contribution in [0.5, 0.6) is 11.6 Å². The molecule has 2 N–H and O–H groups in total. The van der Waals surface area contributed by atoms with E-state index in [4.69, 9.17) is 34.6 Å². The monoisotopic (exact) mass is 607 g/mol. The van der Waals surface area contributed by atoms with Crippen molar-refractivity contribution in [3.63, 3.8) is 0 Å². The molecule has 4 aromatic carbocycles. The zero-order valence-electron chi connectivity index (χ0n) is 24.5. The molecule has 0 spiro atoms. The minimum atomic E-state index is 0.467. The molecule has 47 heavy (non-hydrogen) atoms. The van der Waals surface area contributed by atoms with E-state index in [2.05, 4.69) is 15.0 Å². The molecule has 0 amide bonds. The number of hydrogen-bond donors (Lipinski definition) is 2. The van der Waals surface area contributed by atoms with Crippen molar-refractivity contribution in [3.05, 3.63) is 115 Å². The fourth-order valence-corrected chi connectivity index (χ4v) is 6.26. The highest BCUT2D eigenvalue weighted by Gasteiger charge is 2.22. The molecule has 10 nitrogen and oxygen atoms in total. The van der Waals surface area contributed by atoms with Gasteiger partial charge in [0.15, 0.2) is 23.3 Å². The van der Waals surface area contributed by atoms with E-state index in [1.165, 1.54) is 0 Å². The third-order valence-electron chi connectivity index (χ3n) is 8.39. The maximum atomic E-state index is 6.31. The maximum absolute atomic E-state index is 6.31. The topological polar surface area (TPSA) is 131 Å². The van der Waals surface area contributed by atoms with E-state index in [-0.39, 0.29) is 0 Å². The standard InChI is InChI=1S/C37H21N9O/c1-2-11-21-20(10-1)30-39-31(21)41-33-24-14-5-6-15-25(24)35(43-33)45-37-29-26(16-9-17-27(29)47-28-18-7-8-19-38-28)36(46-37)44-34-23-13-4-3-12-22(23)32(40-30)42-34/h1-19H,(H2,39,40,41,42,43,44,45,46). The minimum absolute atomic E-state index is 0.467. The fraction of sp³-hybridized carbons (Fsp3) is 0. The molecule has 10 rings (SSSR count). The molecule has 0 radical (unpaired) electrons. The molecule has 0 atom stereocenters. The first-order valence-electron chi connectivity index (χ1n) is 15.1. The van der Waals surface area contributed by atoms with Gasteiger partial charge in [0.05, 0.1) is 5.39 Å². The number of pyridine rings is 1. The second kappa shape index (κ2) is 9.85. The molecule has 2 aliphatic heterocycles. The molecule has 4 aromatic heterocycles. The second-order valence-electron chi connectivity index (χ2n) is 11.2. The van der Waals surface area contributed by atoms with Crippen LogP contribution in [0.3, 0.4) is 0 Å². The Labute approximate surface area is 265 Å². The molecule has 0 fully saturated rings. The quantitative estimate of drug-likeness (QED) is 0.202. The number of nitrogens with one attached hydrogen (secondary N) is 2. The maximum Gasteiger partial charge on any atom is 0.219 e. The van der Waals surface area contributed by atoms with Crippen LogP contribution in [0.15, 0.2) is 115 Å². The number of hydrogen-bond acceptors (Lipinski definition) is 8. The third-order valence-corrected chi connectivity index (χ3v) is 8.39. The molecule has 0 saturated carbocycles. The minimum Gasteiger partial charge on any atom is -0.438 e. The van der Waals surface area contributed by atoms with Crippen LogP contribution < -0.4 is 4.74 Å². The molecule has 0 saturated heterocycles. The van der Waals surface area contributed by atoms with Crippen molar-refractivity contribution in [1.29, 1.82) is 0 Å². The van der Waals surface area contributed by atoms with Crippen LogP contribution in [0.2, 0.25) is 0 Å². The van der Waals surface area contributed by atoms with Gasteiger partial charge in [-0.15, -0.1) is 0 Å². The molecular weight excluding hydrogens is 586 g/mol. The summed E-state index contributed by atoms with van der Waals surface area (Å²) >= 11 is 0. The van der Waals surface area contributed by atoms with Crippen molar-refractivity contribution in [2.45, 2.75) is 0 Å². The summed E-state index contributed by atoms with van der Waals surface area (Å²) in [7, 11) is 0. The summed E-state index contributed by atoms with van der Waals surface area (Å²) in [6.45, 7) is 0. The Kier molecular flexibility index (Phi) is 5.34. The van der Waals surface area contributed by atoms with E-state index in [1.807, 2.05) is 109 Å². The van der Waals surface area contributed by atoms with E-state index in [1.54, 1.807) is 6.20 Å².